The van der Waals surface area contributed by atoms with Crippen molar-refractivity contribution in [1.29, 1.82) is 0 Å². The van der Waals surface area contributed by atoms with Crippen LogP contribution in [-0.4, -0.2) is 87.1 Å². The predicted octanol–water partition coefficient (Wildman–Crippen LogP) is 4.07. The number of aromatic hydroxyl groups is 1. The number of aryl methyl sites for hydroxylation is 1. The van der Waals surface area contributed by atoms with Crippen LogP contribution in [0.25, 0.3) is 28.2 Å². The highest BCUT2D eigenvalue weighted by molar-refractivity contribution is 6.33. The van der Waals surface area contributed by atoms with Crippen molar-refractivity contribution in [2.24, 2.45) is 0 Å². The Bertz CT molecular complexity index is 2430. The first-order valence-corrected chi connectivity index (χ1v) is 16.4. The van der Waals surface area contributed by atoms with E-state index in [1.54, 1.807) is 43.3 Å². The number of piperazine rings is 1. The molecule has 52 heavy (non-hydrogen) atoms. The number of H-pyrrole nitrogens is 1. The van der Waals surface area contributed by atoms with Gasteiger partial charge in [-0.1, -0.05) is 18.5 Å². The normalized spacial score (nSPS) is 13.7. The number of anilines is 2. The van der Waals surface area contributed by atoms with Crippen LogP contribution < -0.4 is 15.8 Å². The molecule has 0 radical (unpaired) electrons. The van der Waals surface area contributed by atoms with Gasteiger partial charge in [-0.2, -0.15) is 22.7 Å². The van der Waals surface area contributed by atoms with E-state index in [9.17, 15) is 32.7 Å². The lowest BCUT2D eigenvalue weighted by Gasteiger charge is -2.36. The third-order valence-corrected chi connectivity index (χ3v) is 9.11. The molecule has 15 nitrogen and oxygen atoms in total. The first kappa shape index (κ1) is 34.4. The molecule has 0 saturated carbocycles. The largest absolute Gasteiger partial charge is 0.504 e. The first-order chi connectivity index (χ1) is 24.8. The molecule has 2 amide bonds. The molecule has 0 bridgehead atoms. The summed E-state index contributed by atoms with van der Waals surface area (Å²) < 4.78 is 42.3. The van der Waals surface area contributed by atoms with E-state index in [2.05, 4.69) is 35.3 Å². The van der Waals surface area contributed by atoms with Gasteiger partial charge in [-0.15, -0.1) is 5.10 Å². The smallest absolute Gasteiger partial charge is 0.416 e. The summed E-state index contributed by atoms with van der Waals surface area (Å²) in [6, 6.07) is 7.91. The summed E-state index contributed by atoms with van der Waals surface area (Å²) in [6.07, 6.45) is -1.61. The number of rotatable bonds is 7. The van der Waals surface area contributed by atoms with E-state index in [-0.39, 0.29) is 77.7 Å². The number of carbonyl (C=O) groups is 2. The van der Waals surface area contributed by atoms with Gasteiger partial charge in [-0.25, -0.2) is 15.0 Å². The van der Waals surface area contributed by atoms with Crippen molar-refractivity contribution in [3.05, 3.63) is 87.1 Å². The lowest BCUT2D eigenvalue weighted by Crippen LogP contribution is -2.51. The Hall–Kier alpha value is -6.04. The third-order valence-electron chi connectivity index (χ3n) is 8.80. The molecule has 3 N–H and O–H groups in total. The molecule has 0 spiro atoms. The fraction of sp³-hybridized carbons (Fsp3) is 0.273. The summed E-state index contributed by atoms with van der Waals surface area (Å²) in [7, 11) is 0. The van der Waals surface area contributed by atoms with Crippen LogP contribution in [-0.2, 0) is 23.9 Å². The molecule has 1 fully saturated rings. The molecule has 2 aromatic carbocycles. The number of imidazole rings is 1. The van der Waals surface area contributed by atoms with Gasteiger partial charge in [0.05, 0.1) is 45.0 Å². The second kappa shape index (κ2) is 13.3. The number of alkyl halides is 3. The van der Waals surface area contributed by atoms with Gasteiger partial charge >= 0.3 is 6.18 Å². The number of fused-ring (bicyclic) bond motifs is 2. The Balaban J connectivity index is 1.26. The topological polar surface area (TPSA) is 180 Å². The molecular formula is C33H29ClF3N11O4. The first-order valence-electron chi connectivity index (χ1n) is 16.0. The fourth-order valence-electron chi connectivity index (χ4n) is 6.16. The number of aromatic nitrogens is 8. The van der Waals surface area contributed by atoms with Crippen LogP contribution in [0.1, 0.15) is 34.4 Å². The molecule has 7 rings (SSSR count). The summed E-state index contributed by atoms with van der Waals surface area (Å²) in [5, 5.41) is 17.2. The number of nitrogens with one attached hydrogen (secondary N) is 2. The van der Waals surface area contributed by atoms with Crippen LogP contribution in [0, 0.1) is 6.92 Å². The molecule has 6 aromatic rings. The van der Waals surface area contributed by atoms with Gasteiger partial charge < -0.3 is 29.8 Å². The van der Waals surface area contributed by atoms with Crippen LogP contribution >= 0.6 is 11.6 Å². The number of hydrogen-bond acceptors (Lipinski definition) is 10. The summed E-state index contributed by atoms with van der Waals surface area (Å²) in [5.41, 5.74) is 1.32. The van der Waals surface area contributed by atoms with Crippen LogP contribution in [0.4, 0.5) is 24.5 Å². The van der Waals surface area contributed by atoms with Gasteiger partial charge in [0, 0.05) is 31.7 Å². The number of aromatic amines is 1. The van der Waals surface area contributed by atoms with Crippen LogP contribution in [0.2, 0.25) is 5.02 Å². The summed E-state index contributed by atoms with van der Waals surface area (Å²) in [4.78, 5) is 64.2. The monoisotopic (exact) mass is 735 g/mol. The van der Waals surface area contributed by atoms with E-state index in [0.29, 0.717) is 22.3 Å². The van der Waals surface area contributed by atoms with Gasteiger partial charge in [-0.05, 0) is 49.7 Å². The minimum Gasteiger partial charge on any atom is -0.504 e. The zero-order valence-corrected chi connectivity index (χ0v) is 28.3. The molecule has 0 aliphatic carbocycles. The standard InChI is InChI=1S/C33H29ClF3N11O4/c1-3-24-27(45-8-10-46(11-9-45)30(51)26-28(50)17(2)38-15-41-26)31(52)48-32(43-29(44-48)18-4-6-22-23(12-18)40-16-39-22)47(24)14-25(49)42-21-7-5-19(13-20(21)34)33(35,36)37/h4-7,12-13,15-16,50H,3,8-11,14H2,1-2H3,(H,39,40)(H,42,49). The minimum atomic E-state index is -4.62. The van der Waals surface area contributed by atoms with Crippen molar-refractivity contribution >= 4 is 51.6 Å². The minimum absolute atomic E-state index is 0.0317. The van der Waals surface area contributed by atoms with Gasteiger partial charge in [0.2, 0.25) is 11.7 Å². The maximum absolute atomic E-state index is 14.3. The second-order valence-electron chi connectivity index (χ2n) is 12.0. The molecular weight excluding hydrogens is 707 g/mol. The highest BCUT2D eigenvalue weighted by atomic mass is 35.5. The van der Waals surface area contributed by atoms with Crippen molar-refractivity contribution in [1.82, 2.24) is 44.0 Å². The number of amides is 2. The van der Waals surface area contributed by atoms with Crippen LogP contribution in [0.15, 0.2) is 53.8 Å². The third kappa shape index (κ3) is 6.25. The summed E-state index contributed by atoms with van der Waals surface area (Å²) >= 11 is 6.13. The molecule has 1 aliphatic rings. The second-order valence-corrected chi connectivity index (χ2v) is 12.4. The molecule has 1 saturated heterocycles. The maximum Gasteiger partial charge on any atom is 0.416 e. The molecule has 268 valence electrons. The fourth-order valence-corrected chi connectivity index (χ4v) is 6.39. The summed E-state index contributed by atoms with van der Waals surface area (Å²) in [6.45, 7) is 3.76. The summed E-state index contributed by atoms with van der Waals surface area (Å²) in [5.74, 6) is -1.18. The quantitative estimate of drug-likeness (QED) is 0.216. The van der Waals surface area contributed by atoms with E-state index in [1.165, 1.54) is 15.8 Å². The molecule has 5 heterocycles. The van der Waals surface area contributed by atoms with Crippen molar-refractivity contribution in [3.8, 4) is 17.1 Å². The highest BCUT2D eigenvalue weighted by Gasteiger charge is 2.32. The van der Waals surface area contributed by atoms with Crippen molar-refractivity contribution in [3.63, 3.8) is 0 Å². The maximum atomic E-state index is 14.3. The lowest BCUT2D eigenvalue weighted by atomic mass is 10.2. The van der Waals surface area contributed by atoms with E-state index in [0.717, 1.165) is 22.7 Å². The van der Waals surface area contributed by atoms with E-state index < -0.39 is 35.7 Å². The number of nitrogens with zero attached hydrogens (tertiary/aromatic N) is 9. The number of carbonyl (C=O) groups excluding carboxylic acids is 2. The van der Waals surface area contributed by atoms with Gasteiger partial charge in [0.15, 0.2) is 17.3 Å². The number of benzene rings is 2. The average Bonchev–Trinajstić information content (AvgIpc) is 3.79. The Morgan fingerprint density at radius 2 is 1.83 bits per heavy atom. The Morgan fingerprint density at radius 3 is 2.54 bits per heavy atom. The molecule has 0 atom stereocenters. The zero-order valence-electron chi connectivity index (χ0n) is 27.6. The molecule has 0 unspecified atom stereocenters. The van der Waals surface area contributed by atoms with Crippen LogP contribution in [0.3, 0.4) is 0 Å². The molecule has 19 heteroatoms. The van der Waals surface area contributed by atoms with E-state index in [4.69, 9.17) is 11.6 Å². The van der Waals surface area contributed by atoms with Crippen molar-refractivity contribution in [2.75, 3.05) is 36.4 Å². The zero-order chi connectivity index (χ0) is 36.9. The van der Waals surface area contributed by atoms with Gasteiger partial charge in [0.25, 0.3) is 11.5 Å². The molecule has 1 aliphatic heterocycles. The molecule has 4 aromatic heterocycles. The predicted molar refractivity (Wildman–Crippen MR) is 183 cm³/mol. The van der Waals surface area contributed by atoms with Crippen LogP contribution in [0.5, 0.6) is 5.75 Å². The highest BCUT2D eigenvalue weighted by Crippen LogP contribution is 2.34. The van der Waals surface area contributed by atoms with Crippen molar-refractivity contribution < 1.29 is 27.9 Å². The SMILES string of the molecule is CCc1c(N2CCN(C(=O)c3ncnc(C)c3O)CC2)c(=O)n2nc(-c3ccc4nc[nH]c4c3)nc2n1CC(=O)Nc1ccc(C(F)(F)F)cc1Cl. The Kier molecular flexibility index (Phi) is 8.77. The van der Waals surface area contributed by atoms with E-state index >= 15 is 0 Å². The van der Waals surface area contributed by atoms with Gasteiger partial charge in [0.1, 0.15) is 18.6 Å². The van der Waals surface area contributed by atoms with Crippen molar-refractivity contribution in [2.45, 2.75) is 33.0 Å². The van der Waals surface area contributed by atoms with E-state index in [1.807, 2.05) is 0 Å². The lowest BCUT2D eigenvalue weighted by molar-refractivity contribution is -0.137. The average molecular weight is 736 g/mol. The number of halogens is 4. The Morgan fingerprint density at radius 1 is 1.06 bits per heavy atom. The van der Waals surface area contributed by atoms with Gasteiger partial charge in [-0.3, -0.25) is 14.4 Å². The number of hydrogen-bond donors (Lipinski definition) is 3. The Labute approximate surface area is 296 Å².